The predicted octanol–water partition coefficient (Wildman–Crippen LogP) is 0.807. The van der Waals surface area contributed by atoms with Gasteiger partial charge in [0.15, 0.2) is 6.04 Å². The molecule has 0 aliphatic carbocycles. The summed E-state index contributed by atoms with van der Waals surface area (Å²) in [7, 11) is 0. The maximum absolute atomic E-state index is 11.2. The molecule has 104 valence electrons. The van der Waals surface area contributed by atoms with E-state index in [0.717, 1.165) is 23.2 Å². The number of hydrogen-bond donors (Lipinski definition) is 4. The first-order chi connectivity index (χ1) is 9.70. The molecule has 1 atom stereocenters. The molecular formula is C14H16N4O2. The normalized spacial score (nSPS) is 17.8. The molecule has 2 heterocycles. The van der Waals surface area contributed by atoms with Gasteiger partial charge in [-0.05, 0) is 5.56 Å². The van der Waals surface area contributed by atoms with Crippen molar-refractivity contribution in [3.05, 3.63) is 41.2 Å². The minimum Gasteiger partial charge on any atom is -0.480 e. The molecule has 0 fully saturated rings. The Kier molecular flexibility index (Phi) is 3.25. The second-order valence-electron chi connectivity index (χ2n) is 4.79. The molecule has 1 aliphatic rings. The van der Waals surface area contributed by atoms with E-state index in [-0.39, 0.29) is 0 Å². The number of aliphatic carboxylic acids is 1. The summed E-state index contributed by atoms with van der Waals surface area (Å²) in [6.07, 6.45) is 0.747. The van der Waals surface area contributed by atoms with E-state index in [0.29, 0.717) is 24.6 Å². The number of hydrogen-bond acceptors (Lipinski definition) is 4. The van der Waals surface area contributed by atoms with Crippen LogP contribution in [0.15, 0.2) is 24.3 Å². The molecule has 1 aliphatic heterocycles. The van der Waals surface area contributed by atoms with Crippen molar-refractivity contribution in [1.29, 1.82) is 0 Å². The van der Waals surface area contributed by atoms with Gasteiger partial charge in [0.2, 0.25) is 0 Å². The molecule has 1 aromatic carbocycles. The monoisotopic (exact) mass is 272 g/mol. The van der Waals surface area contributed by atoms with Crippen molar-refractivity contribution in [3.8, 4) is 11.4 Å². The highest BCUT2D eigenvalue weighted by molar-refractivity contribution is 5.76. The number of nitrogens with one attached hydrogen (secondary N) is 2. The lowest BCUT2D eigenvalue weighted by molar-refractivity contribution is -0.139. The zero-order chi connectivity index (χ0) is 14.1. The number of imidazole rings is 1. The molecule has 0 spiro atoms. The summed E-state index contributed by atoms with van der Waals surface area (Å²) < 4.78 is 0. The van der Waals surface area contributed by atoms with Crippen LogP contribution in [-0.4, -0.2) is 27.6 Å². The molecule has 6 heteroatoms. The molecule has 0 radical (unpaired) electrons. The first-order valence-corrected chi connectivity index (χ1v) is 6.54. The van der Waals surface area contributed by atoms with E-state index in [1.54, 1.807) is 0 Å². The zero-order valence-corrected chi connectivity index (χ0v) is 10.9. The van der Waals surface area contributed by atoms with Gasteiger partial charge in [0.1, 0.15) is 5.82 Å². The number of fused-ring (bicyclic) bond motifs is 1. The molecule has 0 amide bonds. The van der Waals surface area contributed by atoms with Crippen LogP contribution in [0.5, 0.6) is 0 Å². The summed E-state index contributed by atoms with van der Waals surface area (Å²) in [5.41, 5.74) is 9.11. The number of carboxylic acids is 1. The Balaban J connectivity index is 2.07. The molecular weight excluding hydrogens is 256 g/mol. The number of nitrogens with zero attached hydrogens (tertiary/aromatic N) is 1. The predicted molar refractivity (Wildman–Crippen MR) is 74.0 cm³/mol. The van der Waals surface area contributed by atoms with Gasteiger partial charge in [0.25, 0.3) is 0 Å². The lowest BCUT2D eigenvalue weighted by Crippen LogP contribution is -2.35. The van der Waals surface area contributed by atoms with Crippen LogP contribution in [0.4, 0.5) is 0 Å². The number of aromatic amines is 1. The second-order valence-corrected chi connectivity index (χ2v) is 4.79. The Morgan fingerprint density at radius 3 is 3.00 bits per heavy atom. The van der Waals surface area contributed by atoms with Crippen LogP contribution in [0, 0.1) is 0 Å². The van der Waals surface area contributed by atoms with E-state index in [2.05, 4.69) is 15.3 Å². The molecule has 1 aromatic heterocycles. The molecule has 1 unspecified atom stereocenters. The van der Waals surface area contributed by atoms with Crippen molar-refractivity contribution in [2.75, 3.05) is 6.54 Å². The number of H-pyrrole nitrogens is 1. The van der Waals surface area contributed by atoms with Crippen LogP contribution in [0.3, 0.4) is 0 Å². The van der Waals surface area contributed by atoms with E-state index in [1.165, 1.54) is 0 Å². The highest BCUT2D eigenvalue weighted by atomic mass is 16.4. The molecule has 5 N–H and O–H groups in total. The van der Waals surface area contributed by atoms with Crippen LogP contribution in [0.1, 0.15) is 23.0 Å². The third kappa shape index (κ3) is 2.09. The topological polar surface area (TPSA) is 104 Å². The Hall–Kier alpha value is -2.18. The number of carboxylic acid groups (broad SMARTS) is 1. The Morgan fingerprint density at radius 2 is 2.25 bits per heavy atom. The molecule has 3 rings (SSSR count). The third-order valence-corrected chi connectivity index (χ3v) is 3.55. The second kappa shape index (κ2) is 5.07. The van der Waals surface area contributed by atoms with Crippen molar-refractivity contribution in [1.82, 2.24) is 15.3 Å². The summed E-state index contributed by atoms with van der Waals surface area (Å²) in [6.45, 7) is 1.05. The van der Waals surface area contributed by atoms with Crippen molar-refractivity contribution in [3.63, 3.8) is 0 Å². The molecule has 2 aromatic rings. The molecule has 0 saturated carbocycles. The van der Waals surface area contributed by atoms with Gasteiger partial charge in [-0.15, -0.1) is 0 Å². The third-order valence-electron chi connectivity index (χ3n) is 3.55. The lowest BCUT2D eigenvalue weighted by atomic mass is 10.1. The fraction of sp³-hybridized carbons (Fsp3) is 0.286. The Morgan fingerprint density at radius 1 is 1.45 bits per heavy atom. The Labute approximate surface area is 116 Å². The largest absolute Gasteiger partial charge is 0.480 e. The van der Waals surface area contributed by atoms with Crippen LogP contribution in [0.25, 0.3) is 11.4 Å². The first kappa shape index (κ1) is 12.8. The fourth-order valence-electron chi connectivity index (χ4n) is 2.55. The van der Waals surface area contributed by atoms with Crippen LogP contribution < -0.4 is 11.1 Å². The fourth-order valence-corrected chi connectivity index (χ4v) is 2.55. The average Bonchev–Trinajstić information content (AvgIpc) is 2.90. The molecule has 0 saturated heterocycles. The van der Waals surface area contributed by atoms with Crippen LogP contribution in [-0.2, 0) is 17.8 Å². The summed E-state index contributed by atoms with van der Waals surface area (Å²) in [4.78, 5) is 19.0. The molecule has 0 bridgehead atoms. The van der Waals surface area contributed by atoms with Crippen molar-refractivity contribution < 1.29 is 9.90 Å². The quantitative estimate of drug-likeness (QED) is 0.662. The van der Waals surface area contributed by atoms with Crippen LogP contribution >= 0.6 is 0 Å². The summed E-state index contributed by atoms with van der Waals surface area (Å²) in [5.74, 6) is -0.220. The van der Waals surface area contributed by atoms with Gasteiger partial charge in [0, 0.05) is 30.8 Å². The highest BCUT2D eigenvalue weighted by Crippen LogP contribution is 2.27. The van der Waals surface area contributed by atoms with Crippen molar-refractivity contribution >= 4 is 5.97 Å². The summed E-state index contributed by atoms with van der Waals surface area (Å²) in [6, 6.07) is 6.99. The number of aromatic nitrogens is 2. The summed E-state index contributed by atoms with van der Waals surface area (Å²) >= 11 is 0. The summed E-state index contributed by atoms with van der Waals surface area (Å²) in [5, 5.41) is 12.2. The van der Waals surface area contributed by atoms with Crippen molar-refractivity contribution in [2.24, 2.45) is 5.73 Å². The minimum atomic E-state index is -0.906. The van der Waals surface area contributed by atoms with Gasteiger partial charge >= 0.3 is 5.97 Å². The van der Waals surface area contributed by atoms with Crippen molar-refractivity contribution in [2.45, 2.75) is 19.0 Å². The van der Waals surface area contributed by atoms with E-state index >= 15 is 0 Å². The van der Waals surface area contributed by atoms with Gasteiger partial charge in [-0.2, -0.15) is 0 Å². The Bertz CT molecular complexity index is 650. The smallest absolute Gasteiger partial charge is 0.327 e. The van der Waals surface area contributed by atoms with Gasteiger partial charge in [-0.25, -0.2) is 4.98 Å². The van der Waals surface area contributed by atoms with Gasteiger partial charge in [0.05, 0.1) is 5.69 Å². The van der Waals surface area contributed by atoms with Gasteiger partial charge < -0.3 is 15.8 Å². The maximum Gasteiger partial charge on any atom is 0.327 e. The van der Waals surface area contributed by atoms with E-state index in [1.807, 2.05) is 24.3 Å². The number of rotatable bonds is 3. The minimum absolute atomic E-state index is 0.419. The number of carbonyl (C=O) groups is 1. The molecule has 20 heavy (non-hydrogen) atoms. The highest BCUT2D eigenvalue weighted by Gasteiger charge is 2.29. The van der Waals surface area contributed by atoms with E-state index in [4.69, 9.17) is 5.73 Å². The average molecular weight is 272 g/mol. The molecule has 6 nitrogen and oxygen atoms in total. The van der Waals surface area contributed by atoms with Crippen LogP contribution in [0.2, 0.25) is 0 Å². The van der Waals surface area contributed by atoms with E-state index < -0.39 is 12.0 Å². The maximum atomic E-state index is 11.2. The standard InChI is InChI=1S/C14H16N4O2/c15-7-8-3-1-2-4-9(8)13-17-10-5-6-16-12(14(19)20)11(10)18-13/h1-4,12,16H,5-7,15H2,(H,17,18)(H,19,20). The van der Waals surface area contributed by atoms with Gasteiger partial charge in [-0.1, -0.05) is 24.3 Å². The van der Waals surface area contributed by atoms with Gasteiger partial charge in [-0.3, -0.25) is 10.1 Å². The number of benzene rings is 1. The number of nitrogens with two attached hydrogens (primary N) is 1. The van der Waals surface area contributed by atoms with E-state index in [9.17, 15) is 9.90 Å². The zero-order valence-electron chi connectivity index (χ0n) is 10.9. The lowest BCUT2D eigenvalue weighted by Gasteiger charge is -2.18. The first-order valence-electron chi connectivity index (χ1n) is 6.54. The SMILES string of the molecule is NCc1ccccc1-c1nc2c([nH]1)CCNC2C(=O)O.